The van der Waals surface area contributed by atoms with Crippen LogP contribution in [0.25, 0.3) is 0 Å². The molecule has 6 heteroatoms. The first-order valence-electron chi connectivity index (χ1n) is 5.80. The highest BCUT2D eigenvalue weighted by atomic mass is 79.9. The van der Waals surface area contributed by atoms with E-state index in [1.165, 1.54) is 6.07 Å². The van der Waals surface area contributed by atoms with Crippen molar-refractivity contribution in [3.8, 4) is 0 Å². The average molecular weight is 407 g/mol. The first-order chi connectivity index (χ1) is 9.49. The Morgan fingerprint density at radius 2 is 1.75 bits per heavy atom. The summed E-state index contributed by atoms with van der Waals surface area (Å²) >= 11 is 6.68. The van der Waals surface area contributed by atoms with Gasteiger partial charge in [0.15, 0.2) is 0 Å². The number of nitrogens with one attached hydrogen (secondary N) is 1. The van der Waals surface area contributed by atoms with Crippen molar-refractivity contribution >= 4 is 37.5 Å². The molecule has 0 radical (unpaired) electrons. The summed E-state index contributed by atoms with van der Waals surface area (Å²) < 4.78 is 28.7. The number of rotatable bonds is 4. The number of aliphatic hydroxyl groups excluding tert-OH is 1. The maximum absolute atomic E-state index is 13.5. The standard InChI is InChI=1S/C14H11Br2F2NO/c15-8-4-5-9(16)12(6-8)19-7-13(20)14-10(17)2-1-3-11(14)18/h1-6,13,19-20H,7H2. The molecule has 0 aliphatic carbocycles. The molecule has 0 fully saturated rings. The van der Waals surface area contributed by atoms with E-state index in [1.807, 2.05) is 12.1 Å². The van der Waals surface area contributed by atoms with Crippen molar-refractivity contribution in [2.75, 3.05) is 11.9 Å². The lowest BCUT2D eigenvalue weighted by molar-refractivity contribution is 0.181. The molecule has 2 N–H and O–H groups in total. The molecule has 0 spiro atoms. The highest BCUT2D eigenvalue weighted by Crippen LogP contribution is 2.27. The van der Waals surface area contributed by atoms with Crippen LogP contribution in [0.3, 0.4) is 0 Å². The van der Waals surface area contributed by atoms with Gasteiger partial charge in [0.25, 0.3) is 0 Å². The number of hydrogen-bond acceptors (Lipinski definition) is 2. The molecule has 2 nitrogen and oxygen atoms in total. The van der Waals surface area contributed by atoms with E-state index in [9.17, 15) is 13.9 Å². The van der Waals surface area contributed by atoms with Gasteiger partial charge in [0.05, 0.1) is 5.56 Å². The first kappa shape index (κ1) is 15.4. The molecule has 2 aromatic carbocycles. The smallest absolute Gasteiger partial charge is 0.132 e. The van der Waals surface area contributed by atoms with Crippen LogP contribution in [0.1, 0.15) is 11.7 Å². The lowest BCUT2D eigenvalue weighted by Crippen LogP contribution is -2.15. The minimum atomic E-state index is -1.28. The molecule has 0 saturated carbocycles. The number of benzene rings is 2. The third-order valence-corrected chi connectivity index (χ3v) is 3.93. The lowest BCUT2D eigenvalue weighted by Gasteiger charge is -2.15. The van der Waals surface area contributed by atoms with Gasteiger partial charge in [0.2, 0.25) is 0 Å². The van der Waals surface area contributed by atoms with Crippen molar-refractivity contribution in [3.63, 3.8) is 0 Å². The van der Waals surface area contributed by atoms with Crippen LogP contribution < -0.4 is 5.32 Å². The monoisotopic (exact) mass is 405 g/mol. The predicted molar refractivity (Wildman–Crippen MR) is 81.6 cm³/mol. The summed E-state index contributed by atoms with van der Waals surface area (Å²) in [7, 11) is 0. The van der Waals surface area contributed by atoms with E-state index in [2.05, 4.69) is 37.2 Å². The molecule has 0 aliphatic heterocycles. The molecular weight excluding hydrogens is 396 g/mol. The van der Waals surface area contributed by atoms with Gasteiger partial charge in [0.1, 0.15) is 17.7 Å². The van der Waals surface area contributed by atoms with Crippen LogP contribution in [0, 0.1) is 11.6 Å². The van der Waals surface area contributed by atoms with Gasteiger partial charge in [-0.3, -0.25) is 0 Å². The summed E-state index contributed by atoms with van der Waals surface area (Å²) in [5, 5.41) is 12.9. The number of hydrogen-bond donors (Lipinski definition) is 2. The van der Waals surface area contributed by atoms with Crippen molar-refractivity contribution in [3.05, 3.63) is 62.5 Å². The first-order valence-corrected chi connectivity index (χ1v) is 7.38. The predicted octanol–water partition coefficient (Wildman–Crippen LogP) is 4.64. The molecule has 2 rings (SSSR count). The highest BCUT2D eigenvalue weighted by Gasteiger charge is 2.17. The van der Waals surface area contributed by atoms with E-state index in [0.717, 1.165) is 26.8 Å². The van der Waals surface area contributed by atoms with Gasteiger partial charge in [-0.1, -0.05) is 22.0 Å². The van der Waals surface area contributed by atoms with Gasteiger partial charge in [0, 0.05) is 21.2 Å². The zero-order chi connectivity index (χ0) is 14.7. The summed E-state index contributed by atoms with van der Waals surface area (Å²) in [4.78, 5) is 0. The van der Waals surface area contributed by atoms with Crippen molar-refractivity contribution in [2.24, 2.45) is 0 Å². The van der Waals surface area contributed by atoms with Crippen molar-refractivity contribution in [1.29, 1.82) is 0 Å². The Kier molecular flexibility index (Phi) is 5.12. The third-order valence-electron chi connectivity index (χ3n) is 2.75. The van der Waals surface area contributed by atoms with Gasteiger partial charge in [-0.15, -0.1) is 0 Å². The van der Waals surface area contributed by atoms with Gasteiger partial charge in [-0.05, 0) is 46.3 Å². The quantitative estimate of drug-likeness (QED) is 0.775. The summed E-state index contributed by atoms with van der Waals surface area (Å²) in [6.07, 6.45) is -1.28. The second-order valence-corrected chi connectivity index (χ2v) is 5.93. The van der Waals surface area contributed by atoms with Crippen LogP contribution in [0.5, 0.6) is 0 Å². The van der Waals surface area contributed by atoms with Crippen molar-refractivity contribution in [1.82, 2.24) is 0 Å². The second-order valence-electron chi connectivity index (χ2n) is 4.16. The number of halogens is 4. The molecule has 0 bridgehead atoms. The SMILES string of the molecule is OC(CNc1cc(Br)ccc1Br)c1c(F)cccc1F. The number of anilines is 1. The van der Waals surface area contributed by atoms with Crippen molar-refractivity contribution in [2.45, 2.75) is 6.10 Å². The Balaban J connectivity index is 2.13. The Bertz CT molecular complexity index is 602. The summed E-state index contributed by atoms with van der Waals surface area (Å²) in [5.41, 5.74) is 0.390. The molecule has 0 heterocycles. The van der Waals surface area contributed by atoms with Gasteiger partial charge >= 0.3 is 0 Å². The van der Waals surface area contributed by atoms with Gasteiger partial charge < -0.3 is 10.4 Å². The van der Waals surface area contributed by atoms with Gasteiger partial charge in [-0.2, -0.15) is 0 Å². The zero-order valence-electron chi connectivity index (χ0n) is 10.2. The normalized spacial score (nSPS) is 12.2. The molecule has 0 aromatic heterocycles. The fourth-order valence-electron chi connectivity index (χ4n) is 1.77. The summed E-state index contributed by atoms with van der Waals surface area (Å²) in [6, 6.07) is 8.98. The fraction of sp³-hybridized carbons (Fsp3) is 0.143. The number of aliphatic hydroxyl groups is 1. The van der Waals surface area contributed by atoms with Crippen LogP contribution in [-0.4, -0.2) is 11.7 Å². The Morgan fingerprint density at radius 1 is 1.10 bits per heavy atom. The minimum absolute atomic E-state index is 0.00704. The molecule has 106 valence electrons. The topological polar surface area (TPSA) is 32.3 Å². The van der Waals surface area contributed by atoms with Crippen LogP contribution in [0.4, 0.5) is 14.5 Å². The second kappa shape index (κ2) is 6.65. The maximum Gasteiger partial charge on any atom is 0.132 e. The van der Waals surface area contributed by atoms with Crippen LogP contribution in [-0.2, 0) is 0 Å². The fourth-order valence-corrected chi connectivity index (χ4v) is 2.52. The molecule has 1 unspecified atom stereocenters. The van der Waals surface area contributed by atoms with E-state index >= 15 is 0 Å². The van der Waals surface area contributed by atoms with Crippen LogP contribution >= 0.6 is 31.9 Å². The summed E-state index contributed by atoms with van der Waals surface area (Å²) in [6.45, 7) is -0.00704. The largest absolute Gasteiger partial charge is 0.386 e. The van der Waals surface area contributed by atoms with E-state index in [0.29, 0.717) is 0 Å². The third kappa shape index (κ3) is 3.56. The molecule has 2 aromatic rings. The Morgan fingerprint density at radius 3 is 2.40 bits per heavy atom. The van der Waals surface area contributed by atoms with E-state index in [4.69, 9.17) is 0 Å². The average Bonchev–Trinajstić information content (AvgIpc) is 2.39. The van der Waals surface area contributed by atoms with E-state index < -0.39 is 17.7 Å². The molecule has 0 saturated heterocycles. The Hall–Kier alpha value is -0.980. The molecule has 1 atom stereocenters. The van der Waals surface area contributed by atoms with Crippen LogP contribution in [0.2, 0.25) is 0 Å². The minimum Gasteiger partial charge on any atom is -0.386 e. The maximum atomic E-state index is 13.5. The lowest BCUT2D eigenvalue weighted by atomic mass is 10.1. The molecule has 20 heavy (non-hydrogen) atoms. The van der Waals surface area contributed by atoms with E-state index in [1.54, 1.807) is 6.07 Å². The molecule has 0 amide bonds. The van der Waals surface area contributed by atoms with Gasteiger partial charge in [-0.25, -0.2) is 8.78 Å². The zero-order valence-corrected chi connectivity index (χ0v) is 13.4. The Labute approximate surface area is 132 Å². The summed E-state index contributed by atoms with van der Waals surface area (Å²) in [5.74, 6) is -1.51. The molecular formula is C14H11Br2F2NO. The highest BCUT2D eigenvalue weighted by molar-refractivity contribution is 9.11. The van der Waals surface area contributed by atoms with E-state index in [-0.39, 0.29) is 12.1 Å². The molecule has 0 aliphatic rings. The van der Waals surface area contributed by atoms with Crippen LogP contribution in [0.15, 0.2) is 45.3 Å². The van der Waals surface area contributed by atoms with Crippen molar-refractivity contribution < 1.29 is 13.9 Å².